The summed E-state index contributed by atoms with van der Waals surface area (Å²) in [5, 5.41) is 11.2. The molecule has 2 saturated heterocycles. The van der Waals surface area contributed by atoms with E-state index < -0.39 is 51.5 Å². The number of thioether (sulfide) groups is 1. The Morgan fingerprint density at radius 3 is 2.30 bits per heavy atom. The van der Waals surface area contributed by atoms with Gasteiger partial charge in [0.05, 0.1) is 7.11 Å². The lowest BCUT2D eigenvalue weighted by Crippen LogP contribution is -2.83. The quantitative estimate of drug-likeness (QED) is 0.280. The molecule has 2 unspecified atom stereocenters. The molecule has 0 saturated carbocycles. The third-order valence-electron chi connectivity index (χ3n) is 6.27. The Hall–Kier alpha value is -2.79. The molecule has 0 spiro atoms. The van der Waals surface area contributed by atoms with Crippen LogP contribution in [0.3, 0.4) is 0 Å². The van der Waals surface area contributed by atoms with Crippen molar-refractivity contribution < 1.29 is 29.0 Å². The number of anilines is 1. The third kappa shape index (κ3) is 3.82. The van der Waals surface area contributed by atoms with Crippen LogP contribution in [0.25, 0.3) is 0 Å². The maximum Gasteiger partial charge on any atom is 0.344 e. The van der Waals surface area contributed by atoms with Crippen LogP contribution < -0.4 is 16.0 Å². The minimum atomic E-state index is -2.03. The minimum Gasteiger partial charge on any atom is -0.480 e. The molecule has 2 heterocycles. The second-order valence-corrected chi connectivity index (χ2v) is 10.3. The number of carbonyl (C=O) groups is 4. The molecule has 2 fully saturated rings. The minimum absolute atomic E-state index is 0.509. The molecular weight excluding hydrogens is 448 g/mol. The number of benzene rings is 1. The van der Waals surface area contributed by atoms with Gasteiger partial charge in [-0.05, 0) is 45.4 Å². The summed E-state index contributed by atoms with van der Waals surface area (Å²) in [6, 6.07) is 4.88. The number of nitrogens with zero attached hydrogens (tertiary/aromatic N) is 2. The molecule has 2 amide bonds. The molecule has 180 valence electrons. The van der Waals surface area contributed by atoms with Crippen LogP contribution in [0.4, 0.5) is 5.69 Å². The molecule has 1 aromatic carbocycles. The second kappa shape index (κ2) is 8.86. The molecule has 11 heteroatoms. The lowest BCUT2D eigenvalue weighted by molar-refractivity contribution is -0.180. The number of carboxylic acids is 1. The Morgan fingerprint density at radius 1 is 1.24 bits per heavy atom. The monoisotopic (exact) mass is 478 g/mol. The van der Waals surface area contributed by atoms with Crippen LogP contribution in [0.1, 0.15) is 39.3 Å². The molecule has 0 bridgehead atoms. The van der Waals surface area contributed by atoms with E-state index in [1.807, 2.05) is 26.0 Å². The van der Waals surface area contributed by atoms with Gasteiger partial charge >= 0.3 is 11.9 Å². The molecule has 4 N–H and O–H groups in total. The fourth-order valence-electron chi connectivity index (χ4n) is 4.48. The zero-order valence-electron chi connectivity index (χ0n) is 19.3. The van der Waals surface area contributed by atoms with E-state index in [9.17, 15) is 24.3 Å². The smallest absolute Gasteiger partial charge is 0.344 e. The van der Waals surface area contributed by atoms with Crippen molar-refractivity contribution in [2.45, 2.75) is 55.4 Å². The van der Waals surface area contributed by atoms with E-state index in [4.69, 9.17) is 10.5 Å². The predicted molar refractivity (Wildman–Crippen MR) is 124 cm³/mol. The Balaban J connectivity index is 1.86. The molecule has 3 rings (SSSR count). The molecule has 2 aliphatic rings. The van der Waals surface area contributed by atoms with Crippen LogP contribution in [0, 0.1) is 0 Å². The third-order valence-corrected chi connectivity index (χ3v) is 7.91. The maximum absolute atomic E-state index is 13.1. The van der Waals surface area contributed by atoms with Crippen molar-refractivity contribution in [1.29, 1.82) is 0 Å². The van der Waals surface area contributed by atoms with E-state index in [1.54, 1.807) is 26.0 Å². The van der Waals surface area contributed by atoms with Crippen molar-refractivity contribution in [3.63, 3.8) is 0 Å². The second-order valence-electron chi connectivity index (χ2n) is 8.56. The number of amides is 2. The van der Waals surface area contributed by atoms with Gasteiger partial charge in [-0.2, -0.15) is 0 Å². The highest BCUT2D eigenvalue weighted by Gasteiger charge is 2.76. The molecule has 2 aliphatic heterocycles. The highest BCUT2D eigenvalue weighted by molar-refractivity contribution is 8.01. The van der Waals surface area contributed by atoms with Gasteiger partial charge in [0, 0.05) is 23.5 Å². The van der Waals surface area contributed by atoms with Gasteiger partial charge in [0.2, 0.25) is 11.4 Å². The number of nitrogens with one attached hydrogen (secondary N) is 1. The Labute approximate surface area is 196 Å². The summed E-state index contributed by atoms with van der Waals surface area (Å²) < 4.78 is 3.96. The first-order chi connectivity index (χ1) is 15.5. The largest absolute Gasteiger partial charge is 0.480 e. The average Bonchev–Trinajstić information content (AvgIpc) is 3.06. The van der Waals surface area contributed by atoms with Gasteiger partial charge in [-0.15, -0.1) is 11.8 Å². The van der Waals surface area contributed by atoms with Crippen molar-refractivity contribution in [2.75, 3.05) is 25.1 Å². The number of hydrogen-bond acceptors (Lipinski definition) is 8. The van der Waals surface area contributed by atoms with Gasteiger partial charge in [0.25, 0.3) is 5.91 Å². The summed E-state index contributed by atoms with van der Waals surface area (Å²) in [5.41, 5.74) is 5.63. The molecule has 0 radical (unpaired) electrons. The zero-order chi connectivity index (χ0) is 24.7. The fourth-order valence-corrected chi connectivity index (χ4v) is 6.16. The number of esters is 1. The highest BCUT2D eigenvalue weighted by Crippen LogP contribution is 2.55. The summed E-state index contributed by atoms with van der Waals surface area (Å²) in [7, 11) is 1.11. The zero-order valence-corrected chi connectivity index (χ0v) is 20.1. The van der Waals surface area contributed by atoms with Crippen LogP contribution in [0.2, 0.25) is 0 Å². The molecule has 0 aliphatic carbocycles. The number of carbonyl (C=O) groups excluding carboxylic acids is 3. The Morgan fingerprint density at radius 2 is 1.82 bits per heavy atom. The standard InChI is InChI=1S/C22H30N4O6S/c1-6-25(7-2)13-10-8-12(9-11-13)14(23)16(27)24-22(20(31)32-5)18(30)26-15(17(28)29)21(3,4)33-19(22)26/h8-11,14-15,19H,6-7,23H2,1-5H3,(H,24,27)(H,28,29)/t14?,15-,19+,22?/m0/s1. The van der Waals surface area contributed by atoms with E-state index >= 15 is 0 Å². The van der Waals surface area contributed by atoms with Crippen molar-refractivity contribution in [3.8, 4) is 0 Å². The topological polar surface area (TPSA) is 142 Å². The van der Waals surface area contributed by atoms with Crippen LogP contribution in [0.15, 0.2) is 24.3 Å². The van der Waals surface area contributed by atoms with Crippen LogP contribution >= 0.6 is 11.8 Å². The average molecular weight is 479 g/mol. The number of hydrogen-bond donors (Lipinski definition) is 3. The summed E-state index contributed by atoms with van der Waals surface area (Å²) in [6.45, 7) is 9.09. The SMILES string of the molecule is CCN(CC)c1ccc(C(N)C(=O)NC2(C(=O)OC)C(=O)N3[C@@H](C(=O)O)C(C)(C)S[C@@H]32)cc1. The molecule has 33 heavy (non-hydrogen) atoms. The van der Waals surface area contributed by atoms with E-state index in [0.29, 0.717) is 5.56 Å². The van der Waals surface area contributed by atoms with Crippen molar-refractivity contribution in [1.82, 2.24) is 10.2 Å². The number of rotatable bonds is 8. The van der Waals surface area contributed by atoms with Gasteiger partial charge in [0.1, 0.15) is 17.5 Å². The number of β-lactam (4-membered cyclic amide) rings is 1. The number of nitrogens with two attached hydrogens (primary N) is 1. The van der Waals surface area contributed by atoms with Crippen LogP contribution in [-0.4, -0.2) is 75.7 Å². The van der Waals surface area contributed by atoms with Crippen molar-refractivity contribution >= 4 is 41.2 Å². The van der Waals surface area contributed by atoms with Gasteiger partial charge in [-0.1, -0.05) is 12.1 Å². The van der Waals surface area contributed by atoms with Crippen LogP contribution in [0.5, 0.6) is 0 Å². The molecular formula is C22H30N4O6S. The van der Waals surface area contributed by atoms with Crippen molar-refractivity contribution in [2.24, 2.45) is 5.73 Å². The first-order valence-corrected chi connectivity index (χ1v) is 11.6. The summed E-state index contributed by atoms with van der Waals surface area (Å²) >= 11 is 1.13. The first kappa shape index (κ1) is 24.8. The first-order valence-electron chi connectivity index (χ1n) is 10.7. The lowest BCUT2D eigenvalue weighted by atomic mass is 9.84. The number of aliphatic carboxylic acids is 1. The van der Waals surface area contributed by atoms with E-state index in [1.165, 1.54) is 0 Å². The highest BCUT2D eigenvalue weighted by atomic mass is 32.2. The normalized spacial score (nSPS) is 26.1. The molecule has 1 aromatic rings. The van der Waals surface area contributed by atoms with Crippen molar-refractivity contribution in [3.05, 3.63) is 29.8 Å². The lowest BCUT2D eigenvalue weighted by Gasteiger charge is -2.50. The van der Waals surface area contributed by atoms with Gasteiger partial charge in [-0.25, -0.2) is 9.59 Å². The maximum atomic E-state index is 13.1. The number of ether oxygens (including phenoxy) is 1. The summed E-state index contributed by atoms with van der Waals surface area (Å²) in [4.78, 5) is 54.0. The molecule has 10 nitrogen and oxygen atoms in total. The van der Waals surface area contributed by atoms with E-state index in [2.05, 4.69) is 10.2 Å². The predicted octanol–water partition coefficient (Wildman–Crippen LogP) is 0.708. The number of fused-ring (bicyclic) bond motifs is 1. The number of carboxylic acid groups (broad SMARTS) is 1. The van der Waals surface area contributed by atoms with E-state index in [0.717, 1.165) is 42.5 Å². The molecule has 0 aromatic heterocycles. The summed E-state index contributed by atoms with van der Waals surface area (Å²) in [5.74, 6) is -3.69. The van der Waals surface area contributed by atoms with Crippen LogP contribution in [-0.2, 0) is 23.9 Å². The Bertz CT molecular complexity index is 964. The molecule has 4 atom stereocenters. The summed E-state index contributed by atoms with van der Waals surface area (Å²) in [6.07, 6.45) is 0. The van der Waals surface area contributed by atoms with E-state index in [-0.39, 0.29) is 0 Å². The van der Waals surface area contributed by atoms with Gasteiger partial charge in [0.15, 0.2) is 0 Å². The fraction of sp³-hybridized carbons (Fsp3) is 0.545. The van der Waals surface area contributed by atoms with Gasteiger partial charge < -0.3 is 30.7 Å². The number of methoxy groups -OCH3 is 1. The van der Waals surface area contributed by atoms with Gasteiger partial charge in [-0.3, -0.25) is 9.59 Å². The Kier molecular flexibility index (Phi) is 6.67.